The van der Waals surface area contributed by atoms with E-state index in [1.807, 2.05) is 0 Å². The van der Waals surface area contributed by atoms with E-state index in [0.717, 1.165) is 6.07 Å². The van der Waals surface area contributed by atoms with Crippen LogP contribution in [0.5, 0.6) is 17.2 Å². The van der Waals surface area contributed by atoms with Crippen molar-refractivity contribution >= 4 is 11.0 Å². The molecule has 5 rings (SSSR count). The molecule has 1 aromatic heterocycles. The summed E-state index contributed by atoms with van der Waals surface area (Å²) < 4.78 is 16.8. The molecule has 13 heteroatoms. The van der Waals surface area contributed by atoms with Gasteiger partial charge in [-0.15, -0.1) is 0 Å². The third-order valence-corrected chi connectivity index (χ3v) is 6.92. The summed E-state index contributed by atoms with van der Waals surface area (Å²) >= 11 is 0. The van der Waals surface area contributed by atoms with Crippen molar-refractivity contribution in [3.63, 3.8) is 0 Å². The van der Waals surface area contributed by atoms with Gasteiger partial charge in [0.15, 0.2) is 11.0 Å². The maximum absolute atomic E-state index is 13.3. The zero-order valence-corrected chi connectivity index (χ0v) is 19.6. The van der Waals surface area contributed by atoms with Crippen molar-refractivity contribution in [2.24, 2.45) is 0 Å². The van der Waals surface area contributed by atoms with Gasteiger partial charge in [0.25, 0.3) is 0 Å². The molecule has 2 aromatic carbocycles. The molecule has 8 atom stereocenters. The number of aliphatic hydroxyl groups is 6. The molecule has 2 aliphatic heterocycles. The molecule has 3 heterocycles. The second-order valence-electron chi connectivity index (χ2n) is 9.36. The van der Waals surface area contributed by atoms with Crippen LogP contribution in [0.4, 0.5) is 0 Å². The third kappa shape index (κ3) is 4.19. The maximum Gasteiger partial charge on any atom is 0.197 e. The van der Waals surface area contributed by atoms with Gasteiger partial charge in [0.2, 0.25) is 0 Å². The fourth-order valence-corrected chi connectivity index (χ4v) is 4.83. The fraction of sp³-hybridized carbons (Fsp3) is 0.400. The Balaban J connectivity index is 1.80. The highest BCUT2D eigenvalue weighted by Crippen LogP contribution is 2.50. The van der Waals surface area contributed by atoms with Crippen LogP contribution in [0.1, 0.15) is 23.3 Å². The van der Waals surface area contributed by atoms with Crippen molar-refractivity contribution in [1.82, 2.24) is 0 Å². The summed E-state index contributed by atoms with van der Waals surface area (Å²) in [7, 11) is 0. The molecule has 2 aliphatic rings. The number of aliphatic hydroxyl groups excluding tert-OH is 6. The van der Waals surface area contributed by atoms with E-state index in [-0.39, 0.29) is 11.5 Å². The highest BCUT2D eigenvalue weighted by molar-refractivity contribution is 5.91. The molecule has 2 fully saturated rings. The molecule has 3 aromatic rings. The van der Waals surface area contributed by atoms with E-state index in [1.165, 1.54) is 24.3 Å². The van der Waals surface area contributed by atoms with Crippen LogP contribution in [-0.2, 0) is 9.47 Å². The lowest BCUT2D eigenvalue weighted by Gasteiger charge is -2.38. The van der Waals surface area contributed by atoms with Crippen LogP contribution in [0.3, 0.4) is 0 Å². The highest BCUT2D eigenvalue weighted by atomic mass is 16.5. The molecular formula is C25H26O13. The second-order valence-corrected chi connectivity index (χ2v) is 9.36. The molecule has 38 heavy (non-hydrogen) atoms. The van der Waals surface area contributed by atoms with Gasteiger partial charge >= 0.3 is 0 Å². The van der Waals surface area contributed by atoms with E-state index >= 15 is 0 Å². The Morgan fingerprint density at radius 2 is 1.21 bits per heavy atom. The average molecular weight is 534 g/mol. The van der Waals surface area contributed by atoms with Gasteiger partial charge in [-0.1, -0.05) is 0 Å². The normalized spacial score (nSPS) is 31.9. The Kier molecular flexibility index (Phi) is 6.79. The van der Waals surface area contributed by atoms with Crippen molar-refractivity contribution in [2.75, 3.05) is 13.2 Å². The summed E-state index contributed by atoms with van der Waals surface area (Å²) in [6.07, 6.45) is -13.3. The largest absolute Gasteiger partial charge is 0.508 e. The Morgan fingerprint density at radius 3 is 1.76 bits per heavy atom. The first-order valence-corrected chi connectivity index (χ1v) is 11.7. The predicted molar refractivity (Wildman–Crippen MR) is 126 cm³/mol. The van der Waals surface area contributed by atoms with Crippen LogP contribution in [0, 0.1) is 0 Å². The summed E-state index contributed by atoms with van der Waals surface area (Å²) in [4.78, 5) is 13.3. The summed E-state index contributed by atoms with van der Waals surface area (Å²) in [5.41, 5.74) is -1.86. The molecule has 9 N–H and O–H groups in total. The van der Waals surface area contributed by atoms with E-state index in [9.17, 15) is 50.8 Å². The maximum atomic E-state index is 13.3. The van der Waals surface area contributed by atoms with Crippen LogP contribution in [0.25, 0.3) is 22.3 Å². The lowest BCUT2D eigenvalue weighted by atomic mass is 9.87. The number of fused-ring (bicyclic) bond motifs is 1. The number of rotatable bonds is 3. The Hall–Kier alpha value is -3.27. The number of ether oxygens (including phenoxy) is 2. The van der Waals surface area contributed by atoms with Crippen LogP contribution in [-0.4, -0.2) is 95.8 Å². The van der Waals surface area contributed by atoms with Crippen molar-refractivity contribution < 1.29 is 59.8 Å². The fourth-order valence-electron chi connectivity index (χ4n) is 4.83. The van der Waals surface area contributed by atoms with E-state index in [1.54, 1.807) is 0 Å². The predicted octanol–water partition coefficient (Wildman–Crippen LogP) is -1.12. The topological polar surface area (TPSA) is 231 Å². The molecule has 0 radical (unpaired) electrons. The Labute approximate surface area is 213 Å². The zero-order valence-electron chi connectivity index (χ0n) is 19.6. The number of phenols is 3. The molecule has 0 unspecified atom stereocenters. The number of hydrogen-bond donors (Lipinski definition) is 9. The van der Waals surface area contributed by atoms with Crippen LogP contribution in [0.15, 0.2) is 39.5 Å². The Morgan fingerprint density at radius 1 is 0.684 bits per heavy atom. The minimum absolute atomic E-state index is 0.0475. The second kappa shape index (κ2) is 9.80. The van der Waals surface area contributed by atoms with Crippen molar-refractivity contribution in [1.29, 1.82) is 0 Å². The number of phenolic OH excluding ortho intramolecular Hbond substituents is 3. The monoisotopic (exact) mass is 534 g/mol. The quantitative estimate of drug-likeness (QED) is 0.194. The van der Waals surface area contributed by atoms with E-state index in [0.29, 0.717) is 5.56 Å². The van der Waals surface area contributed by atoms with E-state index in [2.05, 4.69) is 0 Å². The summed E-state index contributed by atoms with van der Waals surface area (Å²) in [6.45, 7) is -0.966. The van der Waals surface area contributed by atoms with Gasteiger partial charge in [0.05, 0.1) is 24.3 Å². The highest BCUT2D eigenvalue weighted by Gasteiger charge is 2.46. The Bertz CT molecular complexity index is 1400. The van der Waals surface area contributed by atoms with Gasteiger partial charge in [-0.3, -0.25) is 4.79 Å². The smallest absolute Gasteiger partial charge is 0.197 e. The molecule has 0 amide bonds. The lowest BCUT2D eigenvalue weighted by Crippen LogP contribution is -2.49. The number of benzene rings is 2. The van der Waals surface area contributed by atoms with Gasteiger partial charge in [-0.25, -0.2) is 0 Å². The van der Waals surface area contributed by atoms with Crippen molar-refractivity contribution in [3.05, 3.63) is 51.7 Å². The van der Waals surface area contributed by atoms with Gasteiger partial charge in [-0.05, 0) is 24.3 Å². The zero-order chi connectivity index (χ0) is 27.5. The van der Waals surface area contributed by atoms with E-state index in [4.69, 9.17) is 13.9 Å². The average Bonchev–Trinajstić information content (AvgIpc) is 2.88. The minimum Gasteiger partial charge on any atom is -0.508 e. The van der Waals surface area contributed by atoms with Crippen molar-refractivity contribution in [3.8, 4) is 28.6 Å². The van der Waals surface area contributed by atoms with Gasteiger partial charge in [-0.2, -0.15) is 0 Å². The molecule has 204 valence electrons. The molecular weight excluding hydrogens is 508 g/mol. The third-order valence-electron chi connectivity index (χ3n) is 6.92. The van der Waals surface area contributed by atoms with Crippen molar-refractivity contribution in [2.45, 2.75) is 48.8 Å². The first-order chi connectivity index (χ1) is 18.0. The first-order valence-electron chi connectivity index (χ1n) is 11.7. The number of hydrogen-bond acceptors (Lipinski definition) is 13. The van der Waals surface area contributed by atoms with Gasteiger partial charge < -0.3 is 59.8 Å². The van der Waals surface area contributed by atoms with Crippen LogP contribution in [0.2, 0.25) is 0 Å². The standard InChI is InChI=1S/C25H26O13/c26-9-3-1-8(2-4-9)13-5-10(27)14-19(32)15(24-21(34)17(30)11(28)6-36-24)20(33)16(23(14)38-13)25-22(35)18(31)12(29)7-37-25/h1-5,11-12,17-18,21-22,24-26,28-35H,6-7H2/t11-,12-,17-,18-,21-,22+,24-,25+/m1/s1. The molecule has 0 aliphatic carbocycles. The first kappa shape index (κ1) is 26.3. The molecule has 2 saturated heterocycles. The molecule has 0 bridgehead atoms. The van der Waals surface area contributed by atoms with Crippen LogP contribution >= 0.6 is 0 Å². The summed E-state index contributed by atoms with van der Waals surface area (Å²) in [5, 5.41) is 93.1. The summed E-state index contributed by atoms with van der Waals surface area (Å²) in [6, 6.07) is 6.60. The number of aromatic hydroxyl groups is 3. The molecule has 0 spiro atoms. The minimum atomic E-state index is -1.85. The van der Waals surface area contributed by atoms with Gasteiger partial charge in [0, 0.05) is 11.6 Å². The SMILES string of the molecule is O=c1cc(-c2ccc(O)cc2)oc2c([C@@H]3OC[C@@H](O)[C@@H](O)[C@@H]3O)c(O)c([C@H]3OC[C@@H](O)[C@@H](O)[C@H]3O)c(O)c12. The van der Waals surface area contributed by atoms with E-state index < -0.39 is 101 Å². The van der Waals surface area contributed by atoms with Crippen LogP contribution < -0.4 is 5.43 Å². The molecule has 13 nitrogen and oxygen atoms in total. The summed E-state index contributed by atoms with van der Waals surface area (Å²) in [5.74, 6) is -1.80. The lowest BCUT2D eigenvalue weighted by molar-refractivity contribution is -0.191. The van der Waals surface area contributed by atoms with Gasteiger partial charge in [0.1, 0.15) is 77.2 Å². The molecule has 0 saturated carbocycles.